The smallest absolute Gasteiger partial charge is 0.420 e. The van der Waals surface area contributed by atoms with Crippen molar-refractivity contribution in [2.24, 2.45) is 0 Å². The quantitative estimate of drug-likeness (QED) is 0.900. The molecule has 0 unspecified atom stereocenters. The van der Waals surface area contributed by atoms with Crippen LogP contribution in [0.2, 0.25) is 0 Å². The summed E-state index contributed by atoms with van der Waals surface area (Å²) in [6, 6.07) is 2.36. The van der Waals surface area contributed by atoms with Crippen LogP contribution in [0.1, 0.15) is 24.0 Å². The summed E-state index contributed by atoms with van der Waals surface area (Å²) in [7, 11) is 0. The van der Waals surface area contributed by atoms with E-state index in [1.165, 1.54) is 6.07 Å². The van der Waals surface area contributed by atoms with Crippen LogP contribution in [0.25, 0.3) is 0 Å². The number of benzene rings is 1. The molecule has 1 saturated carbocycles. The van der Waals surface area contributed by atoms with Crippen molar-refractivity contribution in [1.82, 2.24) is 0 Å². The van der Waals surface area contributed by atoms with Crippen molar-refractivity contribution in [3.8, 4) is 11.5 Å². The maximum absolute atomic E-state index is 12.9. The monoisotopic (exact) mass is 274 g/mol. The molecular formula is C13H13F3O3. The average molecular weight is 274 g/mol. The van der Waals surface area contributed by atoms with E-state index in [2.05, 4.69) is 0 Å². The molecule has 1 N–H and O–H groups in total. The van der Waals surface area contributed by atoms with Gasteiger partial charge in [0.25, 0.3) is 0 Å². The number of rotatable bonds is 2. The maximum atomic E-state index is 12.9. The van der Waals surface area contributed by atoms with E-state index in [1.54, 1.807) is 0 Å². The minimum absolute atomic E-state index is 0.101. The first-order valence-corrected chi connectivity index (χ1v) is 6.10. The van der Waals surface area contributed by atoms with Gasteiger partial charge in [-0.3, -0.25) is 0 Å². The zero-order valence-electron chi connectivity index (χ0n) is 10.1. The van der Waals surface area contributed by atoms with E-state index in [0.717, 1.165) is 6.07 Å². The molecule has 19 heavy (non-hydrogen) atoms. The van der Waals surface area contributed by atoms with Crippen molar-refractivity contribution < 1.29 is 27.8 Å². The van der Waals surface area contributed by atoms with Crippen LogP contribution in [0, 0.1) is 0 Å². The third-order valence-electron chi connectivity index (χ3n) is 3.42. The highest BCUT2D eigenvalue weighted by Gasteiger charge is 2.43. The van der Waals surface area contributed by atoms with E-state index in [0.29, 0.717) is 24.8 Å². The predicted octanol–water partition coefficient (Wildman–Crippen LogP) is 2.54. The molecule has 0 radical (unpaired) electrons. The molecule has 0 bridgehead atoms. The minimum atomic E-state index is -4.47. The van der Waals surface area contributed by atoms with E-state index in [-0.39, 0.29) is 24.7 Å². The summed E-state index contributed by atoms with van der Waals surface area (Å²) < 4.78 is 49.1. The second-order valence-corrected chi connectivity index (χ2v) is 5.03. The van der Waals surface area contributed by atoms with Gasteiger partial charge in [0, 0.05) is 12.0 Å². The average Bonchev–Trinajstić information content (AvgIpc) is 3.06. The van der Waals surface area contributed by atoms with Crippen molar-refractivity contribution in [2.45, 2.75) is 31.0 Å². The lowest BCUT2D eigenvalue weighted by atomic mass is 10.0. The Bertz CT molecular complexity index is 507. The van der Waals surface area contributed by atoms with E-state index >= 15 is 0 Å². The van der Waals surface area contributed by atoms with Gasteiger partial charge in [-0.05, 0) is 18.9 Å². The fourth-order valence-corrected chi connectivity index (χ4v) is 2.23. The standard InChI is InChI=1S/C13H13F3O3/c14-13(15,16)9-2-1-8(7-12(17)3-4-12)10-11(9)19-6-5-18-10/h1-2,17H,3-7H2. The molecule has 0 spiro atoms. The summed E-state index contributed by atoms with van der Waals surface area (Å²) >= 11 is 0. The molecular weight excluding hydrogens is 261 g/mol. The Morgan fingerprint density at radius 3 is 2.32 bits per heavy atom. The Kier molecular flexibility index (Phi) is 2.67. The first-order chi connectivity index (χ1) is 8.89. The van der Waals surface area contributed by atoms with Gasteiger partial charge in [-0.25, -0.2) is 0 Å². The summed E-state index contributed by atoms with van der Waals surface area (Å²) in [4.78, 5) is 0. The van der Waals surface area contributed by atoms with Crippen molar-refractivity contribution in [1.29, 1.82) is 0 Å². The number of fused-ring (bicyclic) bond motifs is 1. The van der Waals surface area contributed by atoms with Crippen molar-refractivity contribution in [3.05, 3.63) is 23.3 Å². The largest absolute Gasteiger partial charge is 0.486 e. The van der Waals surface area contributed by atoms with Crippen LogP contribution in [0.4, 0.5) is 13.2 Å². The van der Waals surface area contributed by atoms with Gasteiger partial charge in [-0.15, -0.1) is 0 Å². The second-order valence-electron chi connectivity index (χ2n) is 5.03. The molecule has 6 heteroatoms. The number of aliphatic hydroxyl groups is 1. The van der Waals surface area contributed by atoms with E-state index < -0.39 is 17.3 Å². The summed E-state index contributed by atoms with van der Waals surface area (Å²) in [5.74, 6) is -0.123. The number of hydrogen-bond acceptors (Lipinski definition) is 3. The lowest BCUT2D eigenvalue weighted by molar-refractivity contribution is -0.139. The zero-order chi connectivity index (χ0) is 13.7. The van der Waals surface area contributed by atoms with Crippen LogP contribution < -0.4 is 9.47 Å². The van der Waals surface area contributed by atoms with Gasteiger partial charge in [-0.2, -0.15) is 13.2 Å². The number of halogens is 3. The Labute approximate surface area is 107 Å². The molecule has 1 fully saturated rings. The Morgan fingerprint density at radius 1 is 1.11 bits per heavy atom. The van der Waals surface area contributed by atoms with Gasteiger partial charge in [0.1, 0.15) is 18.8 Å². The van der Waals surface area contributed by atoms with Crippen LogP contribution >= 0.6 is 0 Å². The van der Waals surface area contributed by atoms with Crippen LogP contribution in [0.3, 0.4) is 0 Å². The minimum Gasteiger partial charge on any atom is -0.486 e. The lowest BCUT2D eigenvalue weighted by Crippen LogP contribution is -2.22. The summed E-state index contributed by atoms with van der Waals surface area (Å²) in [5, 5.41) is 9.89. The summed E-state index contributed by atoms with van der Waals surface area (Å²) in [6.07, 6.45) is -2.83. The van der Waals surface area contributed by atoms with E-state index in [1.807, 2.05) is 0 Å². The fourth-order valence-electron chi connectivity index (χ4n) is 2.23. The molecule has 1 aliphatic carbocycles. The third-order valence-corrected chi connectivity index (χ3v) is 3.42. The number of ether oxygens (including phenoxy) is 2. The molecule has 1 aromatic rings. The lowest BCUT2D eigenvalue weighted by Gasteiger charge is -2.25. The molecule has 0 amide bonds. The zero-order valence-corrected chi connectivity index (χ0v) is 10.1. The van der Waals surface area contributed by atoms with Crippen LogP contribution in [0.15, 0.2) is 12.1 Å². The molecule has 1 heterocycles. The first kappa shape index (κ1) is 12.6. The molecule has 104 valence electrons. The topological polar surface area (TPSA) is 38.7 Å². The van der Waals surface area contributed by atoms with Gasteiger partial charge in [0.15, 0.2) is 11.5 Å². The number of alkyl halides is 3. The highest BCUT2D eigenvalue weighted by atomic mass is 19.4. The fraction of sp³-hybridized carbons (Fsp3) is 0.538. The molecule has 3 rings (SSSR count). The molecule has 1 aromatic carbocycles. The van der Waals surface area contributed by atoms with Crippen LogP contribution in [-0.4, -0.2) is 23.9 Å². The molecule has 2 aliphatic rings. The molecule has 0 aromatic heterocycles. The number of hydrogen-bond donors (Lipinski definition) is 1. The predicted molar refractivity (Wildman–Crippen MR) is 60.3 cm³/mol. The van der Waals surface area contributed by atoms with Crippen LogP contribution in [-0.2, 0) is 12.6 Å². The molecule has 3 nitrogen and oxygen atoms in total. The molecule has 1 aliphatic heterocycles. The second kappa shape index (κ2) is 4.03. The normalized spacial score (nSPS) is 20.2. The highest BCUT2D eigenvalue weighted by Crippen LogP contribution is 2.47. The maximum Gasteiger partial charge on any atom is 0.420 e. The van der Waals surface area contributed by atoms with Crippen molar-refractivity contribution in [3.63, 3.8) is 0 Å². The first-order valence-electron chi connectivity index (χ1n) is 6.10. The van der Waals surface area contributed by atoms with Gasteiger partial charge in [0.05, 0.1) is 5.60 Å². The Hall–Kier alpha value is -1.43. The van der Waals surface area contributed by atoms with Crippen LogP contribution in [0.5, 0.6) is 11.5 Å². The molecule has 0 atom stereocenters. The van der Waals surface area contributed by atoms with E-state index in [4.69, 9.17) is 9.47 Å². The van der Waals surface area contributed by atoms with Crippen molar-refractivity contribution in [2.75, 3.05) is 13.2 Å². The van der Waals surface area contributed by atoms with E-state index in [9.17, 15) is 18.3 Å². The Morgan fingerprint density at radius 2 is 1.74 bits per heavy atom. The third kappa shape index (κ3) is 2.36. The van der Waals surface area contributed by atoms with Crippen molar-refractivity contribution >= 4 is 0 Å². The Balaban J connectivity index is 2.03. The van der Waals surface area contributed by atoms with Gasteiger partial charge in [0.2, 0.25) is 0 Å². The van der Waals surface area contributed by atoms with Gasteiger partial charge < -0.3 is 14.6 Å². The summed E-state index contributed by atoms with van der Waals surface area (Å²) in [5.41, 5.74) is -1.04. The molecule has 0 saturated heterocycles. The SMILES string of the molecule is OC1(Cc2ccc(C(F)(F)F)c3c2OCCO3)CC1. The summed E-state index contributed by atoms with van der Waals surface area (Å²) in [6.45, 7) is 0.323. The van der Waals surface area contributed by atoms with Gasteiger partial charge >= 0.3 is 6.18 Å². The highest BCUT2D eigenvalue weighted by molar-refractivity contribution is 5.54. The van der Waals surface area contributed by atoms with Gasteiger partial charge in [-0.1, -0.05) is 6.07 Å².